The van der Waals surface area contributed by atoms with E-state index in [0.29, 0.717) is 24.3 Å². The molecule has 0 aliphatic carbocycles. The van der Waals surface area contributed by atoms with Gasteiger partial charge in [0, 0.05) is 45.5 Å². The van der Waals surface area contributed by atoms with Gasteiger partial charge in [0.2, 0.25) is 0 Å². The zero-order chi connectivity index (χ0) is 39.6. The predicted molar refractivity (Wildman–Crippen MR) is 205 cm³/mol. The van der Waals surface area contributed by atoms with Gasteiger partial charge in [0.25, 0.3) is 0 Å². The van der Waals surface area contributed by atoms with E-state index < -0.39 is 66.2 Å². The number of aliphatic hydroxyl groups is 2. The first-order valence-corrected chi connectivity index (χ1v) is 20.1. The van der Waals surface area contributed by atoms with E-state index in [9.17, 15) is 19.8 Å². The van der Waals surface area contributed by atoms with Crippen molar-refractivity contribution in [3.63, 3.8) is 0 Å². The molecule has 53 heavy (non-hydrogen) atoms. The van der Waals surface area contributed by atoms with Crippen molar-refractivity contribution in [2.45, 2.75) is 156 Å². The Morgan fingerprint density at radius 1 is 0.849 bits per heavy atom. The summed E-state index contributed by atoms with van der Waals surface area (Å²) in [5.74, 6) is -2.81. The van der Waals surface area contributed by atoms with Crippen molar-refractivity contribution in [2.24, 2.45) is 47.3 Å². The smallest absolute Gasteiger partial charge is 0.338 e. The highest BCUT2D eigenvalue weighted by atomic mass is 16.7. The molecule has 0 saturated carbocycles. The largest absolute Gasteiger partial charge is 0.458 e. The third-order valence-corrected chi connectivity index (χ3v) is 12.4. The number of carbonyl (C=O) groups excluding carboxylic acids is 2. The monoisotopic (exact) mass is 749 g/mol. The predicted octanol–water partition coefficient (Wildman–Crippen LogP) is 7.47. The Morgan fingerprint density at radius 3 is 2.04 bits per heavy atom. The molecule has 0 amide bonds. The van der Waals surface area contributed by atoms with E-state index in [0.717, 1.165) is 25.7 Å². The molecule has 0 aromatic heterocycles. The van der Waals surface area contributed by atoms with Crippen molar-refractivity contribution in [1.82, 2.24) is 0 Å². The number of esters is 2. The normalized spacial score (nSPS) is 37.3. The summed E-state index contributed by atoms with van der Waals surface area (Å²) in [5, 5.41) is 23.4. The Labute approximate surface area is 320 Å². The van der Waals surface area contributed by atoms with Crippen LogP contribution in [0.4, 0.5) is 0 Å². The summed E-state index contributed by atoms with van der Waals surface area (Å²) in [6, 6.07) is 8.92. The molecule has 1 aromatic rings. The van der Waals surface area contributed by atoms with Crippen LogP contribution in [0.2, 0.25) is 0 Å². The summed E-state index contributed by atoms with van der Waals surface area (Å²) in [5.41, 5.74) is 0.462. The molecule has 15 atom stereocenters. The lowest BCUT2D eigenvalue weighted by molar-refractivity contribution is -0.338. The van der Waals surface area contributed by atoms with Crippen LogP contribution < -0.4 is 0 Å². The molecule has 1 aromatic carbocycles. The van der Waals surface area contributed by atoms with Gasteiger partial charge in [-0.3, -0.25) is 0 Å². The second-order valence-electron chi connectivity index (χ2n) is 17.0. The van der Waals surface area contributed by atoms with Crippen LogP contribution in [-0.2, 0) is 33.2 Å². The molecule has 2 fully saturated rings. The standard InChI is InChI=1S/C43H72O10/c1-25(2)39-30(7)36(51-41(46)33-18-14-13-15-19-33)24-43(50-12,53-39)32(9)38(45)31(8)40-34(48-10)20-16-17-26(3)21-28(5)37(44)29(6)22-27(4)23-35(49-11)42(47)52-40/h13-15,18-19,25-32,34-40,44-45H,16-17,20-24H2,1-12H3/t26?,27?,28-,29+,30-,31-,32-,34-,35?,36+,37-,38+,39+,40+,43+/m0/s1. The van der Waals surface area contributed by atoms with Gasteiger partial charge in [0.15, 0.2) is 11.9 Å². The minimum atomic E-state index is -1.31. The molecule has 3 rings (SSSR count). The topological polar surface area (TPSA) is 130 Å². The van der Waals surface area contributed by atoms with Gasteiger partial charge < -0.3 is 38.6 Å². The van der Waals surface area contributed by atoms with Crippen molar-refractivity contribution in [3.05, 3.63) is 35.9 Å². The van der Waals surface area contributed by atoms with E-state index in [-0.39, 0.29) is 42.1 Å². The van der Waals surface area contributed by atoms with Gasteiger partial charge in [-0.1, -0.05) is 93.4 Å². The van der Waals surface area contributed by atoms with Gasteiger partial charge in [-0.15, -0.1) is 0 Å². The van der Waals surface area contributed by atoms with Crippen LogP contribution in [0, 0.1) is 47.3 Å². The van der Waals surface area contributed by atoms with E-state index >= 15 is 0 Å². The quantitative estimate of drug-likeness (QED) is 0.233. The van der Waals surface area contributed by atoms with Crippen molar-refractivity contribution < 1.29 is 48.2 Å². The number of ether oxygens (including phenoxy) is 6. The van der Waals surface area contributed by atoms with Crippen molar-refractivity contribution in [1.29, 1.82) is 0 Å². The number of hydrogen-bond donors (Lipinski definition) is 2. The van der Waals surface area contributed by atoms with Crippen LogP contribution in [0.15, 0.2) is 30.3 Å². The van der Waals surface area contributed by atoms with Gasteiger partial charge >= 0.3 is 11.9 Å². The van der Waals surface area contributed by atoms with Crippen LogP contribution in [0.3, 0.4) is 0 Å². The van der Waals surface area contributed by atoms with E-state index in [1.165, 1.54) is 7.11 Å². The Kier molecular flexibility index (Phi) is 17.7. The van der Waals surface area contributed by atoms with Gasteiger partial charge in [-0.05, 0) is 67.4 Å². The van der Waals surface area contributed by atoms with Crippen LogP contribution in [-0.4, -0.2) is 92.0 Å². The highest BCUT2D eigenvalue weighted by Crippen LogP contribution is 2.45. The first-order valence-electron chi connectivity index (χ1n) is 20.1. The Morgan fingerprint density at radius 2 is 1.47 bits per heavy atom. The van der Waals surface area contributed by atoms with Crippen LogP contribution in [0.25, 0.3) is 0 Å². The van der Waals surface area contributed by atoms with Gasteiger partial charge in [0.1, 0.15) is 12.2 Å². The molecule has 0 radical (unpaired) electrons. The number of hydrogen-bond acceptors (Lipinski definition) is 10. The van der Waals surface area contributed by atoms with Gasteiger partial charge in [-0.2, -0.15) is 0 Å². The summed E-state index contributed by atoms with van der Waals surface area (Å²) in [4.78, 5) is 27.2. The molecule has 2 aliphatic rings. The maximum absolute atomic E-state index is 13.9. The van der Waals surface area contributed by atoms with Crippen LogP contribution >= 0.6 is 0 Å². The Bertz CT molecular complexity index is 1240. The SMILES string of the molecule is COC1CC(C)C[C@@H](C)[C@@H](O)[C@@H](C)CC(C)CCC[C@H](OC)[C@@H]([C@@H](C)[C@@H](O)[C@H](C)[C@@]2(OC)C[C@@H](OC(=O)c3ccccc3)[C@H](C)[C@@H](C(C)C)O2)OC1=O. The first-order chi connectivity index (χ1) is 25.0. The first kappa shape index (κ1) is 45.3. The number of methoxy groups -OCH3 is 3. The number of benzene rings is 1. The summed E-state index contributed by atoms with van der Waals surface area (Å²) in [6.07, 6.45) is 0.205. The zero-order valence-corrected chi connectivity index (χ0v) is 34.7. The highest BCUT2D eigenvalue weighted by Gasteiger charge is 2.54. The fourth-order valence-corrected chi connectivity index (χ4v) is 9.05. The molecular weight excluding hydrogens is 676 g/mol. The molecule has 0 bridgehead atoms. The molecule has 2 N–H and O–H groups in total. The lowest BCUT2D eigenvalue weighted by Crippen LogP contribution is -2.60. The average Bonchev–Trinajstić information content (AvgIpc) is 3.14. The number of aliphatic hydroxyl groups excluding tert-OH is 2. The fourth-order valence-electron chi connectivity index (χ4n) is 9.05. The maximum atomic E-state index is 13.9. The lowest BCUT2D eigenvalue weighted by atomic mass is 9.75. The molecule has 2 aliphatic heterocycles. The molecule has 304 valence electrons. The summed E-state index contributed by atoms with van der Waals surface area (Å²) >= 11 is 0. The third kappa shape index (κ3) is 11.7. The number of cyclic esters (lactones) is 1. The Balaban J connectivity index is 1.94. The van der Waals surface area contributed by atoms with Crippen molar-refractivity contribution >= 4 is 11.9 Å². The minimum absolute atomic E-state index is 0.0661. The second-order valence-corrected chi connectivity index (χ2v) is 17.0. The summed E-state index contributed by atoms with van der Waals surface area (Å²) in [6.45, 7) is 18.4. The maximum Gasteiger partial charge on any atom is 0.338 e. The summed E-state index contributed by atoms with van der Waals surface area (Å²) in [7, 11) is 4.69. The molecule has 0 spiro atoms. The van der Waals surface area contributed by atoms with Crippen molar-refractivity contribution in [2.75, 3.05) is 21.3 Å². The summed E-state index contributed by atoms with van der Waals surface area (Å²) < 4.78 is 37.3. The molecule has 10 nitrogen and oxygen atoms in total. The second kappa shape index (κ2) is 20.7. The molecule has 3 unspecified atom stereocenters. The zero-order valence-electron chi connectivity index (χ0n) is 34.7. The van der Waals surface area contributed by atoms with E-state index in [1.54, 1.807) is 38.5 Å². The van der Waals surface area contributed by atoms with Crippen LogP contribution in [0.5, 0.6) is 0 Å². The molecular formula is C43H72O10. The third-order valence-electron chi connectivity index (χ3n) is 12.4. The lowest BCUT2D eigenvalue weighted by Gasteiger charge is -2.52. The van der Waals surface area contributed by atoms with Gasteiger partial charge in [-0.25, -0.2) is 9.59 Å². The van der Waals surface area contributed by atoms with E-state index in [1.807, 2.05) is 26.8 Å². The average molecular weight is 749 g/mol. The molecule has 2 saturated heterocycles. The molecule has 10 heteroatoms. The van der Waals surface area contributed by atoms with Crippen molar-refractivity contribution in [3.8, 4) is 0 Å². The highest BCUT2D eigenvalue weighted by molar-refractivity contribution is 5.89. The van der Waals surface area contributed by atoms with Gasteiger partial charge in [0.05, 0.1) is 30.0 Å². The van der Waals surface area contributed by atoms with E-state index in [4.69, 9.17) is 28.4 Å². The number of rotatable bonds is 10. The van der Waals surface area contributed by atoms with E-state index in [2.05, 4.69) is 41.5 Å². The fraction of sp³-hybridized carbons (Fsp3) is 0.814. The number of carbonyl (C=O) groups is 2. The molecule has 2 heterocycles. The Hall–Kier alpha value is -2.08. The van der Waals surface area contributed by atoms with Crippen LogP contribution in [0.1, 0.15) is 118 Å². The minimum Gasteiger partial charge on any atom is -0.458 e.